The van der Waals surface area contributed by atoms with Crippen LogP contribution in [0.15, 0.2) is 0 Å². The van der Waals surface area contributed by atoms with Gasteiger partial charge in [-0.05, 0) is 12.3 Å². The number of carboxylic acid groups (broad SMARTS) is 2. The van der Waals surface area contributed by atoms with Crippen LogP contribution in [0.5, 0.6) is 0 Å². The lowest BCUT2D eigenvalue weighted by Crippen LogP contribution is -2.52. The molecule has 1 fully saturated rings. The summed E-state index contributed by atoms with van der Waals surface area (Å²) in [5, 5.41) is 17.5. The largest absolute Gasteiger partial charge is 0.481 e. The van der Waals surface area contributed by atoms with Gasteiger partial charge in [0.25, 0.3) is 0 Å². The van der Waals surface area contributed by atoms with Crippen LogP contribution in [-0.2, 0) is 19.2 Å². The van der Waals surface area contributed by atoms with Gasteiger partial charge >= 0.3 is 11.9 Å². The lowest BCUT2D eigenvalue weighted by Gasteiger charge is -2.32. The molecule has 1 saturated heterocycles. The molecular formula is C11H15NO6. The van der Waals surface area contributed by atoms with E-state index in [1.165, 1.54) is 0 Å². The van der Waals surface area contributed by atoms with E-state index in [1.54, 1.807) is 6.92 Å². The monoisotopic (exact) mass is 257 g/mol. The van der Waals surface area contributed by atoms with Crippen molar-refractivity contribution in [1.29, 1.82) is 0 Å². The summed E-state index contributed by atoms with van der Waals surface area (Å²) in [5.41, 5.74) is 0. The van der Waals surface area contributed by atoms with Crippen molar-refractivity contribution in [2.45, 2.75) is 38.6 Å². The molecule has 0 saturated carbocycles. The lowest BCUT2D eigenvalue weighted by atomic mass is 9.95. The second-order valence-corrected chi connectivity index (χ2v) is 4.46. The van der Waals surface area contributed by atoms with Gasteiger partial charge in [0.1, 0.15) is 6.04 Å². The number of hydrogen-bond acceptors (Lipinski definition) is 4. The van der Waals surface area contributed by atoms with Crippen LogP contribution in [0, 0.1) is 5.92 Å². The van der Waals surface area contributed by atoms with Crippen LogP contribution in [0.3, 0.4) is 0 Å². The second kappa shape index (κ2) is 5.61. The summed E-state index contributed by atoms with van der Waals surface area (Å²) in [6.07, 6.45) is -0.439. The molecular weight excluding hydrogens is 242 g/mol. The van der Waals surface area contributed by atoms with Crippen molar-refractivity contribution in [3.8, 4) is 0 Å². The average molecular weight is 257 g/mol. The van der Waals surface area contributed by atoms with Crippen molar-refractivity contribution < 1.29 is 29.4 Å². The van der Waals surface area contributed by atoms with Crippen molar-refractivity contribution in [1.82, 2.24) is 4.90 Å². The Labute approximate surface area is 103 Å². The average Bonchev–Trinajstić information content (AvgIpc) is 2.20. The zero-order valence-electron chi connectivity index (χ0n) is 9.96. The van der Waals surface area contributed by atoms with Crippen molar-refractivity contribution in [2.24, 2.45) is 5.92 Å². The first-order chi connectivity index (χ1) is 8.32. The van der Waals surface area contributed by atoms with E-state index in [0.29, 0.717) is 4.90 Å². The van der Waals surface area contributed by atoms with Crippen LogP contribution >= 0.6 is 0 Å². The summed E-state index contributed by atoms with van der Waals surface area (Å²) < 4.78 is 0. The fraction of sp³-hybridized carbons (Fsp3) is 0.636. The minimum absolute atomic E-state index is 0.102. The number of likely N-dealkylation sites (tertiary alicyclic amines) is 1. The van der Waals surface area contributed by atoms with Crippen LogP contribution in [0.1, 0.15) is 32.6 Å². The molecule has 0 aromatic carbocycles. The first-order valence-electron chi connectivity index (χ1n) is 5.62. The van der Waals surface area contributed by atoms with E-state index in [9.17, 15) is 19.2 Å². The predicted molar refractivity (Wildman–Crippen MR) is 58.5 cm³/mol. The molecule has 1 aliphatic heterocycles. The Morgan fingerprint density at radius 3 is 2.17 bits per heavy atom. The fourth-order valence-electron chi connectivity index (χ4n) is 1.97. The second-order valence-electron chi connectivity index (χ2n) is 4.46. The predicted octanol–water partition coefficient (Wildman–Crippen LogP) is 0.0895. The first-order valence-corrected chi connectivity index (χ1v) is 5.62. The molecule has 100 valence electrons. The summed E-state index contributed by atoms with van der Waals surface area (Å²) in [6, 6.07) is -1.38. The number of piperidine rings is 1. The molecule has 2 amide bonds. The third-order valence-corrected chi connectivity index (χ3v) is 2.81. The number of aliphatic carboxylic acids is 2. The number of carbonyl (C=O) groups excluding carboxylic acids is 2. The van der Waals surface area contributed by atoms with Gasteiger partial charge in [-0.2, -0.15) is 0 Å². The molecule has 1 heterocycles. The standard InChI is InChI=1S/C11H15NO6/c1-6-4-8(13)12(9(14)5-6)7(11(17)18)2-3-10(15)16/h6-7H,2-5H2,1H3,(H,15,16)(H,17,18). The van der Waals surface area contributed by atoms with Gasteiger partial charge in [0.15, 0.2) is 0 Å². The van der Waals surface area contributed by atoms with Crippen molar-refractivity contribution >= 4 is 23.8 Å². The van der Waals surface area contributed by atoms with E-state index in [-0.39, 0.29) is 25.2 Å². The van der Waals surface area contributed by atoms with Gasteiger partial charge in [-0.1, -0.05) is 6.92 Å². The van der Waals surface area contributed by atoms with Gasteiger partial charge in [-0.15, -0.1) is 0 Å². The van der Waals surface area contributed by atoms with Gasteiger partial charge < -0.3 is 10.2 Å². The highest BCUT2D eigenvalue weighted by atomic mass is 16.4. The number of imide groups is 1. The Morgan fingerprint density at radius 2 is 1.78 bits per heavy atom. The third-order valence-electron chi connectivity index (χ3n) is 2.81. The van der Waals surface area contributed by atoms with Crippen molar-refractivity contribution in [3.05, 3.63) is 0 Å². The SMILES string of the molecule is CC1CC(=O)N(C(CCC(=O)O)C(=O)O)C(=O)C1. The Kier molecular flexibility index (Phi) is 4.41. The van der Waals surface area contributed by atoms with Crippen LogP contribution in [0.25, 0.3) is 0 Å². The molecule has 2 N–H and O–H groups in total. The molecule has 0 aromatic heterocycles. The molecule has 0 aromatic rings. The molecule has 0 spiro atoms. The minimum Gasteiger partial charge on any atom is -0.481 e. The summed E-state index contributed by atoms with van der Waals surface area (Å²) in [5.74, 6) is -3.71. The summed E-state index contributed by atoms with van der Waals surface area (Å²) in [4.78, 5) is 45.6. The third kappa shape index (κ3) is 3.28. The van der Waals surface area contributed by atoms with Crippen LogP contribution in [-0.4, -0.2) is 44.9 Å². The zero-order valence-corrected chi connectivity index (χ0v) is 9.96. The van der Waals surface area contributed by atoms with E-state index < -0.39 is 36.2 Å². The number of carboxylic acids is 2. The zero-order chi connectivity index (χ0) is 13.9. The molecule has 0 bridgehead atoms. The van der Waals surface area contributed by atoms with E-state index in [0.717, 1.165) is 0 Å². The molecule has 1 rings (SSSR count). The molecule has 1 atom stereocenters. The molecule has 18 heavy (non-hydrogen) atoms. The topological polar surface area (TPSA) is 112 Å². The van der Waals surface area contributed by atoms with Crippen LogP contribution in [0.2, 0.25) is 0 Å². The smallest absolute Gasteiger partial charge is 0.326 e. The fourth-order valence-corrected chi connectivity index (χ4v) is 1.97. The van der Waals surface area contributed by atoms with Crippen LogP contribution in [0.4, 0.5) is 0 Å². The molecule has 0 aliphatic carbocycles. The molecule has 0 radical (unpaired) electrons. The minimum atomic E-state index is -1.38. The highest BCUT2D eigenvalue weighted by Gasteiger charge is 2.38. The number of nitrogens with zero attached hydrogens (tertiary/aromatic N) is 1. The normalized spacial score (nSPS) is 18.8. The maximum Gasteiger partial charge on any atom is 0.326 e. The maximum atomic E-state index is 11.7. The number of amides is 2. The van der Waals surface area contributed by atoms with E-state index >= 15 is 0 Å². The van der Waals surface area contributed by atoms with Gasteiger partial charge in [0, 0.05) is 19.3 Å². The quantitative estimate of drug-likeness (QED) is 0.675. The van der Waals surface area contributed by atoms with E-state index in [2.05, 4.69) is 0 Å². The van der Waals surface area contributed by atoms with Gasteiger partial charge in [0.2, 0.25) is 11.8 Å². The Bertz CT molecular complexity index is 373. The summed E-state index contributed by atoms with van der Waals surface area (Å²) >= 11 is 0. The Balaban J connectivity index is 2.84. The van der Waals surface area contributed by atoms with Gasteiger partial charge in [0.05, 0.1) is 0 Å². The number of carbonyl (C=O) groups is 4. The molecule has 7 heteroatoms. The lowest BCUT2D eigenvalue weighted by molar-refractivity contribution is -0.162. The first kappa shape index (κ1) is 14.1. The molecule has 1 unspecified atom stereocenters. The summed E-state index contributed by atoms with van der Waals surface area (Å²) in [6.45, 7) is 1.74. The number of rotatable bonds is 5. The highest BCUT2D eigenvalue weighted by Crippen LogP contribution is 2.22. The molecule has 7 nitrogen and oxygen atoms in total. The highest BCUT2D eigenvalue weighted by molar-refractivity contribution is 6.01. The van der Waals surface area contributed by atoms with Gasteiger partial charge in [-0.25, -0.2) is 4.79 Å². The van der Waals surface area contributed by atoms with Crippen molar-refractivity contribution in [3.63, 3.8) is 0 Å². The maximum absolute atomic E-state index is 11.7. The summed E-state index contributed by atoms with van der Waals surface area (Å²) in [7, 11) is 0. The Morgan fingerprint density at radius 1 is 1.28 bits per heavy atom. The Hall–Kier alpha value is -1.92. The van der Waals surface area contributed by atoms with E-state index in [1.807, 2.05) is 0 Å². The number of hydrogen-bond donors (Lipinski definition) is 2. The van der Waals surface area contributed by atoms with E-state index in [4.69, 9.17) is 10.2 Å². The van der Waals surface area contributed by atoms with Gasteiger partial charge in [-0.3, -0.25) is 19.3 Å². The molecule has 1 aliphatic rings. The van der Waals surface area contributed by atoms with Crippen molar-refractivity contribution in [2.75, 3.05) is 0 Å². The van der Waals surface area contributed by atoms with Crippen LogP contribution < -0.4 is 0 Å².